The van der Waals surface area contributed by atoms with Crippen LogP contribution in [0, 0.1) is 6.92 Å². The average Bonchev–Trinajstić information content (AvgIpc) is 2.49. The molecule has 21 heavy (non-hydrogen) atoms. The molecule has 2 nitrogen and oxygen atoms in total. The molecule has 1 unspecified atom stereocenters. The Morgan fingerprint density at radius 2 is 1.95 bits per heavy atom. The molecule has 0 aliphatic rings. The smallest absolute Gasteiger partial charge is 0.119 e. The molecule has 0 heterocycles. The number of ether oxygens (including phenoxy) is 1. The Morgan fingerprint density at radius 1 is 1.19 bits per heavy atom. The van der Waals surface area contributed by atoms with Gasteiger partial charge in [-0.25, -0.2) is 0 Å². The minimum Gasteiger partial charge on any atom is -0.497 e. The number of hydrogen-bond donors (Lipinski definition) is 1. The molecule has 3 heteroatoms. The summed E-state index contributed by atoms with van der Waals surface area (Å²) in [4.78, 5) is 0. The predicted molar refractivity (Wildman–Crippen MR) is 92.0 cm³/mol. The van der Waals surface area contributed by atoms with E-state index >= 15 is 0 Å². The molecule has 0 aliphatic carbocycles. The largest absolute Gasteiger partial charge is 0.497 e. The van der Waals surface area contributed by atoms with Crippen LogP contribution in [0.15, 0.2) is 46.9 Å². The van der Waals surface area contributed by atoms with E-state index in [1.165, 1.54) is 21.2 Å². The Balaban J connectivity index is 2.29. The van der Waals surface area contributed by atoms with Crippen molar-refractivity contribution in [2.24, 2.45) is 0 Å². The second-order valence-electron chi connectivity index (χ2n) is 5.13. The normalized spacial score (nSPS) is 12.2. The molecule has 2 rings (SSSR count). The van der Waals surface area contributed by atoms with Crippen LogP contribution in [-0.2, 0) is 6.42 Å². The fourth-order valence-electron chi connectivity index (χ4n) is 2.59. The molecule has 2 aromatic rings. The standard InChI is InChI=1S/C18H22BrNO/c1-4-20-18(12-14-7-5-6-8-17(14)19)16-10-9-15(21-3)11-13(16)2/h5-11,18,20H,4,12H2,1-3H3. The molecule has 0 amide bonds. The van der Waals surface area contributed by atoms with Crippen molar-refractivity contribution < 1.29 is 4.74 Å². The van der Waals surface area contributed by atoms with E-state index in [9.17, 15) is 0 Å². The van der Waals surface area contributed by atoms with E-state index in [0.717, 1.165) is 18.7 Å². The fraction of sp³-hybridized carbons (Fsp3) is 0.333. The van der Waals surface area contributed by atoms with Crippen molar-refractivity contribution in [2.75, 3.05) is 13.7 Å². The number of methoxy groups -OCH3 is 1. The highest BCUT2D eigenvalue weighted by Crippen LogP contribution is 2.27. The lowest BCUT2D eigenvalue weighted by Crippen LogP contribution is -2.23. The Labute approximate surface area is 135 Å². The summed E-state index contributed by atoms with van der Waals surface area (Å²) < 4.78 is 6.47. The Bertz CT molecular complexity index is 598. The Morgan fingerprint density at radius 3 is 2.57 bits per heavy atom. The second kappa shape index (κ2) is 7.62. The lowest BCUT2D eigenvalue weighted by Gasteiger charge is -2.21. The second-order valence-corrected chi connectivity index (χ2v) is 5.98. The van der Waals surface area contributed by atoms with E-state index in [2.05, 4.69) is 71.5 Å². The first-order valence-corrected chi connectivity index (χ1v) is 8.06. The quantitative estimate of drug-likeness (QED) is 0.820. The van der Waals surface area contributed by atoms with Gasteiger partial charge in [0.15, 0.2) is 0 Å². The maximum atomic E-state index is 5.30. The van der Waals surface area contributed by atoms with Crippen molar-refractivity contribution in [3.63, 3.8) is 0 Å². The molecule has 0 bridgehead atoms. The maximum absolute atomic E-state index is 5.30. The van der Waals surface area contributed by atoms with Crippen LogP contribution in [0.3, 0.4) is 0 Å². The fourth-order valence-corrected chi connectivity index (χ4v) is 3.04. The number of halogens is 1. The lowest BCUT2D eigenvalue weighted by molar-refractivity contribution is 0.414. The molecular weight excluding hydrogens is 326 g/mol. The number of benzene rings is 2. The highest BCUT2D eigenvalue weighted by atomic mass is 79.9. The highest BCUT2D eigenvalue weighted by Gasteiger charge is 2.15. The summed E-state index contributed by atoms with van der Waals surface area (Å²) in [6.07, 6.45) is 0.961. The zero-order valence-corrected chi connectivity index (χ0v) is 14.4. The summed E-state index contributed by atoms with van der Waals surface area (Å²) in [7, 11) is 1.71. The van der Waals surface area contributed by atoms with E-state index in [1.54, 1.807) is 7.11 Å². The molecule has 112 valence electrons. The van der Waals surface area contributed by atoms with Gasteiger partial charge in [0.25, 0.3) is 0 Å². The summed E-state index contributed by atoms with van der Waals surface area (Å²) in [5, 5.41) is 3.59. The van der Waals surface area contributed by atoms with Gasteiger partial charge in [0, 0.05) is 10.5 Å². The van der Waals surface area contributed by atoms with Crippen LogP contribution < -0.4 is 10.1 Å². The van der Waals surface area contributed by atoms with E-state index in [4.69, 9.17) is 4.74 Å². The summed E-state index contributed by atoms with van der Waals surface area (Å²) in [5.74, 6) is 0.910. The van der Waals surface area contributed by atoms with Crippen molar-refractivity contribution in [3.05, 3.63) is 63.6 Å². The molecule has 1 N–H and O–H groups in total. The first kappa shape index (κ1) is 16.1. The molecule has 0 aromatic heterocycles. The SMILES string of the molecule is CCNC(Cc1ccccc1Br)c1ccc(OC)cc1C. The Hall–Kier alpha value is -1.32. The minimum absolute atomic E-state index is 0.305. The Kier molecular flexibility index (Phi) is 5.83. The first-order valence-electron chi connectivity index (χ1n) is 7.27. The molecule has 0 radical (unpaired) electrons. The zero-order chi connectivity index (χ0) is 15.2. The molecule has 2 aromatic carbocycles. The van der Waals surface area contributed by atoms with E-state index in [1.807, 2.05) is 6.07 Å². The maximum Gasteiger partial charge on any atom is 0.119 e. The van der Waals surface area contributed by atoms with Crippen molar-refractivity contribution in [2.45, 2.75) is 26.3 Å². The lowest BCUT2D eigenvalue weighted by atomic mass is 9.95. The van der Waals surface area contributed by atoms with Crippen LogP contribution in [0.5, 0.6) is 5.75 Å². The van der Waals surface area contributed by atoms with Gasteiger partial charge >= 0.3 is 0 Å². The molecule has 1 atom stereocenters. The van der Waals surface area contributed by atoms with Crippen molar-refractivity contribution in [3.8, 4) is 5.75 Å². The molecular formula is C18H22BrNO. The molecule has 0 saturated heterocycles. The molecule has 0 spiro atoms. The summed E-state index contributed by atoms with van der Waals surface area (Å²) in [6.45, 7) is 5.23. The van der Waals surface area contributed by atoms with Crippen LogP contribution in [-0.4, -0.2) is 13.7 Å². The van der Waals surface area contributed by atoms with Crippen LogP contribution in [0.25, 0.3) is 0 Å². The number of hydrogen-bond acceptors (Lipinski definition) is 2. The third kappa shape index (κ3) is 4.08. The van der Waals surface area contributed by atoms with Gasteiger partial charge in [-0.05, 0) is 54.8 Å². The number of aryl methyl sites for hydroxylation is 1. The van der Waals surface area contributed by atoms with E-state index in [0.29, 0.717) is 6.04 Å². The third-order valence-electron chi connectivity index (χ3n) is 3.68. The average molecular weight is 348 g/mol. The van der Waals surface area contributed by atoms with Gasteiger partial charge in [-0.1, -0.05) is 47.1 Å². The van der Waals surface area contributed by atoms with Gasteiger partial charge in [-0.3, -0.25) is 0 Å². The molecule has 0 saturated carbocycles. The van der Waals surface area contributed by atoms with Gasteiger partial charge in [-0.15, -0.1) is 0 Å². The van der Waals surface area contributed by atoms with Gasteiger partial charge < -0.3 is 10.1 Å². The minimum atomic E-state index is 0.305. The summed E-state index contributed by atoms with van der Waals surface area (Å²) in [5.41, 5.74) is 3.90. The molecule has 0 fully saturated rings. The van der Waals surface area contributed by atoms with Gasteiger partial charge in [0.1, 0.15) is 5.75 Å². The predicted octanol–water partition coefficient (Wildman–Crippen LogP) is 4.66. The molecule has 0 aliphatic heterocycles. The summed E-state index contributed by atoms with van der Waals surface area (Å²) in [6, 6.07) is 15.0. The van der Waals surface area contributed by atoms with Gasteiger partial charge in [-0.2, -0.15) is 0 Å². The van der Waals surface area contributed by atoms with Crippen molar-refractivity contribution in [1.29, 1.82) is 0 Å². The zero-order valence-electron chi connectivity index (χ0n) is 12.8. The van der Waals surface area contributed by atoms with Crippen LogP contribution in [0.4, 0.5) is 0 Å². The van der Waals surface area contributed by atoms with E-state index < -0.39 is 0 Å². The number of likely N-dealkylation sites (N-methyl/N-ethyl adjacent to an activating group) is 1. The van der Waals surface area contributed by atoms with Crippen LogP contribution in [0.1, 0.15) is 29.7 Å². The van der Waals surface area contributed by atoms with Gasteiger partial charge in [0.05, 0.1) is 7.11 Å². The van der Waals surface area contributed by atoms with E-state index in [-0.39, 0.29) is 0 Å². The summed E-state index contributed by atoms with van der Waals surface area (Å²) >= 11 is 3.64. The van der Waals surface area contributed by atoms with Crippen molar-refractivity contribution in [1.82, 2.24) is 5.32 Å². The monoisotopic (exact) mass is 347 g/mol. The number of nitrogens with one attached hydrogen (secondary N) is 1. The topological polar surface area (TPSA) is 21.3 Å². The highest BCUT2D eigenvalue weighted by molar-refractivity contribution is 9.10. The van der Waals surface area contributed by atoms with Crippen LogP contribution >= 0.6 is 15.9 Å². The van der Waals surface area contributed by atoms with Crippen molar-refractivity contribution >= 4 is 15.9 Å². The van der Waals surface area contributed by atoms with Gasteiger partial charge in [0.2, 0.25) is 0 Å². The van der Waals surface area contributed by atoms with Crippen LogP contribution in [0.2, 0.25) is 0 Å². The first-order chi connectivity index (χ1) is 10.2. The number of rotatable bonds is 6. The third-order valence-corrected chi connectivity index (χ3v) is 4.46.